The molecular weight excluding hydrogens is 318 g/mol. The van der Waals surface area contributed by atoms with Crippen molar-refractivity contribution in [2.24, 2.45) is 5.92 Å². The third-order valence-corrected chi connectivity index (χ3v) is 5.06. The zero-order chi connectivity index (χ0) is 14.5. The lowest BCUT2D eigenvalue weighted by atomic mass is 9.96. The van der Waals surface area contributed by atoms with Gasteiger partial charge in [0.25, 0.3) is 0 Å². The van der Waals surface area contributed by atoms with Gasteiger partial charge in [-0.1, -0.05) is 6.92 Å². The number of nitrogens with zero attached hydrogens (tertiary/aromatic N) is 2. The predicted molar refractivity (Wildman–Crippen MR) is 85.0 cm³/mol. The van der Waals surface area contributed by atoms with Crippen molar-refractivity contribution in [3.63, 3.8) is 0 Å². The molecule has 0 aliphatic carbocycles. The van der Waals surface area contributed by atoms with Crippen LogP contribution in [0.5, 0.6) is 0 Å². The van der Waals surface area contributed by atoms with Crippen LogP contribution in [0.4, 0.5) is 0 Å². The molecular formula is C15H26BrN3O. The number of halogens is 1. The van der Waals surface area contributed by atoms with Crippen LogP contribution >= 0.6 is 15.9 Å². The molecule has 1 aromatic heterocycles. The van der Waals surface area contributed by atoms with Gasteiger partial charge in [-0.2, -0.15) is 5.10 Å². The Bertz CT molecular complexity index is 427. The van der Waals surface area contributed by atoms with Gasteiger partial charge in [0.2, 0.25) is 0 Å². The Kier molecular flexibility index (Phi) is 6.05. The molecule has 1 aliphatic rings. The fourth-order valence-electron chi connectivity index (χ4n) is 3.00. The molecule has 1 aromatic rings. The van der Waals surface area contributed by atoms with Crippen LogP contribution in [-0.4, -0.2) is 35.6 Å². The molecule has 0 bridgehead atoms. The highest BCUT2D eigenvalue weighted by Crippen LogP contribution is 2.25. The normalized spacial score (nSPS) is 20.5. The first-order valence-electron chi connectivity index (χ1n) is 7.68. The minimum Gasteiger partial charge on any atom is -0.381 e. The second-order valence-electron chi connectivity index (χ2n) is 5.59. The van der Waals surface area contributed by atoms with Crippen molar-refractivity contribution in [3.05, 3.63) is 15.9 Å². The Labute approximate surface area is 130 Å². The number of aromatic nitrogens is 2. The summed E-state index contributed by atoms with van der Waals surface area (Å²) in [6.07, 6.45) is 3.42. The Morgan fingerprint density at radius 2 is 2.30 bits per heavy atom. The number of likely N-dealkylation sites (N-methyl/N-ethyl adjacent to an activating group) is 1. The van der Waals surface area contributed by atoms with Gasteiger partial charge < -0.3 is 10.1 Å². The summed E-state index contributed by atoms with van der Waals surface area (Å²) in [6, 6.07) is 0.504. The lowest BCUT2D eigenvalue weighted by Crippen LogP contribution is -2.34. The van der Waals surface area contributed by atoms with Gasteiger partial charge in [0, 0.05) is 32.2 Å². The van der Waals surface area contributed by atoms with E-state index in [-0.39, 0.29) is 0 Å². The molecule has 2 atom stereocenters. The number of rotatable bonds is 7. The van der Waals surface area contributed by atoms with E-state index in [0.717, 1.165) is 38.4 Å². The van der Waals surface area contributed by atoms with Gasteiger partial charge in [0.05, 0.1) is 15.9 Å². The van der Waals surface area contributed by atoms with Crippen molar-refractivity contribution in [2.75, 3.05) is 19.8 Å². The van der Waals surface area contributed by atoms with E-state index in [2.05, 4.69) is 51.8 Å². The molecule has 114 valence electrons. The Balaban J connectivity index is 2.06. The molecule has 0 amide bonds. The smallest absolute Gasteiger partial charge is 0.0738 e. The second kappa shape index (κ2) is 7.57. The summed E-state index contributed by atoms with van der Waals surface area (Å²) in [5.41, 5.74) is 2.40. The van der Waals surface area contributed by atoms with Crippen LogP contribution in [0, 0.1) is 12.8 Å². The molecule has 0 saturated carbocycles. The van der Waals surface area contributed by atoms with E-state index < -0.39 is 0 Å². The van der Waals surface area contributed by atoms with Crippen molar-refractivity contribution in [3.8, 4) is 0 Å². The lowest BCUT2D eigenvalue weighted by Gasteiger charge is -2.21. The minimum absolute atomic E-state index is 0.504. The van der Waals surface area contributed by atoms with Crippen molar-refractivity contribution in [1.29, 1.82) is 0 Å². The maximum absolute atomic E-state index is 5.50. The molecule has 1 fully saturated rings. The molecule has 2 heterocycles. The van der Waals surface area contributed by atoms with Gasteiger partial charge in [0.15, 0.2) is 0 Å². The lowest BCUT2D eigenvalue weighted by molar-refractivity contribution is 0.181. The fourth-order valence-corrected chi connectivity index (χ4v) is 3.44. The summed E-state index contributed by atoms with van der Waals surface area (Å²) in [5, 5.41) is 8.22. The first-order valence-corrected chi connectivity index (χ1v) is 8.47. The molecule has 0 radical (unpaired) electrons. The third-order valence-electron chi connectivity index (χ3n) is 4.03. The van der Waals surface area contributed by atoms with E-state index in [1.807, 2.05) is 0 Å². The molecule has 2 rings (SSSR count). The van der Waals surface area contributed by atoms with Crippen LogP contribution < -0.4 is 5.32 Å². The quantitative estimate of drug-likeness (QED) is 0.827. The van der Waals surface area contributed by atoms with Crippen LogP contribution in [0.15, 0.2) is 4.47 Å². The zero-order valence-electron chi connectivity index (χ0n) is 12.8. The van der Waals surface area contributed by atoms with Crippen molar-refractivity contribution in [1.82, 2.24) is 15.1 Å². The summed E-state index contributed by atoms with van der Waals surface area (Å²) < 4.78 is 8.80. The van der Waals surface area contributed by atoms with Crippen molar-refractivity contribution >= 4 is 15.9 Å². The number of ether oxygens (including phenoxy) is 1. The molecule has 1 saturated heterocycles. The summed E-state index contributed by atoms with van der Waals surface area (Å²) in [5.74, 6) is 0.705. The highest BCUT2D eigenvalue weighted by atomic mass is 79.9. The van der Waals surface area contributed by atoms with Crippen LogP contribution in [0.1, 0.15) is 38.1 Å². The van der Waals surface area contributed by atoms with Gasteiger partial charge in [-0.05, 0) is 55.1 Å². The maximum Gasteiger partial charge on any atom is 0.0738 e. The molecule has 0 aromatic carbocycles. The fraction of sp³-hybridized carbons (Fsp3) is 0.800. The van der Waals surface area contributed by atoms with E-state index in [1.54, 1.807) is 0 Å². The molecule has 20 heavy (non-hydrogen) atoms. The molecule has 4 nitrogen and oxygen atoms in total. The van der Waals surface area contributed by atoms with Gasteiger partial charge in [-0.15, -0.1) is 0 Å². The molecule has 5 heteroatoms. The molecule has 2 unspecified atom stereocenters. The van der Waals surface area contributed by atoms with Crippen LogP contribution in [0.25, 0.3) is 0 Å². The van der Waals surface area contributed by atoms with Gasteiger partial charge >= 0.3 is 0 Å². The van der Waals surface area contributed by atoms with E-state index in [9.17, 15) is 0 Å². The zero-order valence-corrected chi connectivity index (χ0v) is 14.4. The molecule has 1 N–H and O–H groups in total. The second-order valence-corrected chi connectivity index (χ2v) is 6.38. The van der Waals surface area contributed by atoms with Gasteiger partial charge in [-0.25, -0.2) is 0 Å². The number of nitrogens with one attached hydrogen (secondary N) is 1. The Morgan fingerprint density at radius 3 is 2.90 bits per heavy atom. The Hall–Kier alpha value is -0.390. The highest BCUT2D eigenvalue weighted by molar-refractivity contribution is 9.10. The number of hydrogen-bond donors (Lipinski definition) is 1. The van der Waals surface area contributed by atoms with Crippen LogP contribution in [0.3, 0.4) is 0 Å². The van der Waals surface area contributed by atoms with Gasteiger partial charge in [-0.3, -0.25) is 4.68 Å². The topological polar surface area (TPSA) is 39.1 Å². The van der Waals surface area contributed by atoms with Gasteiger partial charge in [0.1, 0.15) is 0 Å². The van der Waals surface area contributed by atoms with E-state index >= 15 is 0 Å². The number of hydrogen-bond acceptors (Lipinski definition) is 3. The standard InChI is InChI=1S/C15H26BrN3O/c1-4-17-13(8-12-6-7-20-10-12)9-14-15(16)11(3)18-19(14)5-2/h12-13,17H,4-10H2,1-3H3. The summed E-state index contributed by atoms with van der Waals surface area (Å²) >= 11 is 3.70. The predicted octanol–water partition coefficient (Wildman–Crippen LogP) is 2.92. The first-order chi connectivity index (χ1) is 9.65. The summed E-state index contributed by atoms with van der Waals surface area (Å²) in [7, 11) is 0. The average molecular weight is 344 g/mol. The summed E-state index contributed by atoms with van der Waals surface area (Å²) in [4.78, 5) is 0. The molecule has 0 spiro atoms. The largest absolute Gasteiger partial charge is 0.381 e. The maximum atomic E-state index is 5.50. The minimum atomic E-state index is 0.504. The average Bonchev–Trinajstić information content (AvgIpc) is 3.02. The Morgan fingerprint density at radius 1 is 1.50 bits per heavy atom. The summed E-state index contributed by atoms with van der Waals surface area (Å²) in [6.45, 7) is 10.2. The first kappa shape index (κ1) is 16.0. The van der Waals surface area contributed by atoms with Crippen LogP contribution in [0.2, 0.25) is 0 Å². The van der Waals surface area contributed by atoms with E-state index in [1.165, 1.54) is 23.0 Å². The molecule has 1 aliphatic heterocycles. The highest BCUT2D eigenvalue weighted by Gasteiger charge is 2.23. The van der Waals surface area contributed by atoms with Crippen molar-refractivity contribution < 1.29 is 4.74 Å². The van der Waals surface area contributed by atoms with Crippen LogP contribution in [-0.2, 0) is 17.7 Å². The van der Waals surface area contributed by atoms with E-state index in [4.69, 9.17) is 4.74 Å². The number of aryl methyl sites for hydroxylation is 2. The monoisotopic (exact) mass is 343 g/mol. The van der Waals surface area contributed by atoms with Crippen molar-refractivity contribution in [2.45, 2.75) is 52.6 Å². The van der Waals surface area contributed by atoms with E-state index in [0.29, 0.717) is 12.0 Å². The SMILES string of the molecule is CCNC(Cc1c(Br)c(C)nn1CC)CC1CCOC1. The third kappa shape index (κ3) is 3.83.